The molecule has 0 aromatic heterocycles. The molecule has 29 heavy (non-hydrogen) atoms. The summed E-state index contributed by atoms with van der Waals surface area (Å²) in [6.45, 7) is 3.79. The highest BCUT2D eigenvalue weighted by Crippen LogP contribution is 2.25. The van der Waals surface area contributed by atoms with Gasteiger partial charge in [0.05, 0.1) is 6.54 Å². The summed E-state index contributed by atoms with van der Waals surface area (Å²) in [7, 11) is 0. The van der Waals surface area contributed by atoms with Crippen molar-refractivity contribution in [3.8, 4) is 0 Å². The maximum Gasteiger partial charge on any atom is 0.239 e. The number of carbonyl (C=O) groups is 2. The van der Waals surface area contributed by atoms with Crippen LogP contribution >= 0.6 is 0 Å². The summed E-state index contributed by atoms with van der Waals surface area (Å²) in [6, 6.07) is 14.1. The SMILES string of the molecule is CCN(C(=O)CCNC(=O)CN1CCCCc2ccccc21)c1ccc(F)cc1. The van der Waals surface area contributed by atoms with Gasteiger partial charge in [0.25, 0.3) is 0 Å². The van der Waals surface area contributed by atoms with Crippen LogP contribution in [0.1, 0.15) is 31.7 Å². The molecule has 6 heteroatoms. The second kappa shape index (κ2) is 10.0. The number of anilines is 2. The molecule has 1 aliphatic rings. The molecule has 1 heterocycles. The van der Waals surface area contributed by atoms with Gasteiger partial charge in [0.1, 0.15) is 5.82 Å². The van der Waals surface area contributed by atoms with Crippen LogP contribution in [0.3, 0.4) is 0 Å². The Labute approximate surface area is 171 Å². The molecule has 2 aromatic rings. The average Bonchev–Trinajstić information content (AvgIpc) is 2.92. The van der Waals surface area contributed by atoms with E-state index in [0.29, 0.717) is 18.8 Å². The van der Waals surface area contributed by atoms with Gasteiger partial charge >= 0.3 is 0 Å². The smallest absolute Gasteiger partial charge is 0.239 e. The average molecular weight is 397 g/mol. The van der Waals surface area contributed by atoms with Gasteiger partial charge in [-0.2, -0.15) is 0 Å². The van der Waals surface area contributed by atoms with Crippen molar-refractivity contribution in [1.82, 2.24) is 5.32 Å². The number of carbonyl (C=O) groups excluding carboxylic acids is 2. The molecule has 2 aromatic carbocycles. The number of hydrogen-bond donors (Lipinski definition) is 1. The minimum atomic E-state index is -0.334. The predicted molar refractivity (Wildman–Crippen MR) is 114 cm³/mol. The number of nitrogens with zero attached hydrogens (tertiary/aromatic N) is 2. The molecule has 0 saturated heterocycles. The van der Waals surface area contributed by atoms with Crippen LogP contribution in [-0.4, -0.2) is 38.0 Å². The Morgan fingerprint density at radius 1 is 1.10 bits per heavy atom. The lowest BCUT2D eigenvalue weighted by molar-refractivity contribution is -0.120. The molecule has 0 unspecified atom stereocenters. The zero-order valence-corrected chi connectivity index (χ0v) is 16.9. The number of rotatable bonds is 7. The van der Waals surface area contributed by atoms with E-state index in [-0.39, 0.29) is 30.6 Å². The van der Waals surface area contributed by atoms with E-state index in [1.165, 1.54) is 17.7 Å². The summed E-state index contributed by atoms with van der Waals surface area (Å²) in [5.74, 6) is -0.515. The van der Waals surface area contributed by atoms with E-state index in [9.17, 15) is 14.0 Å². The highest BCUT2D eigenvalue weighted by molar-refractivity contribution is 5.93. The highest BCUT2D eigenvalue weighted by atomic mass is 19.1. The van der Waals surface area contributed by atoms with Crippen LogP contribution in [0.4, 0.5) is 15.8 Å². The van der Waals surface area contributed by atoms with Crippen molar-refractivity contribution in [2.24, 2.45) is 0 Å². The van der Waals surface area contributed by atoms with E-state index in [1.54, 1.807) is 17.0 Å². The summed E-state index contributed by atoms with van der Waals surface area (Å²) in [6.07, 6.45) is 3.43. The quantitative estimate of drug-likeness (QED) is 0.778. The van der Waals surface area contributed by atoms with Gasteiger partial charge in [0.15, 0.2) is 0 Å². The zero-order chi connectivity index (χ0) is 20.6. The van der Waals surface area contributed by atoms with E-state index in [4.69, 9.17) is 0 Å². The highest BCUT2D eigenvalue weighted by Gasteiger charge is 2.18. The largest absolute Gasteiger partial charge is 0.362 e. The van der Waals surface area contributed by atoms with Crippen LogP contribution in [0.15, 0.2) is 48.5 Å². The van der Waals surface area contributed by atoms with Crippen molar-refractivity contribution < 1.29 is 14.0 Å². The Balaban J connectivity index is 1.50. The first kappa shape index (κ1) is 20.8. The molecular weight excluding hydrogens is 369 g/mol. The monoisotopic (exact) mass is 397 g/mol. The van der Waals surface area contributed by atoms with Gasteiger partial charge in [0, 0.05) is 37.4 Å². The van der Waals surface area contributed by atoms with Gasteiger partial charge in [-0.15, -0.1) is 0 Å². The molecule has 5 nitrogen and oxygen atoms in total. The zero-order valence-electron chi connectivity index (χ0n) is 16.9. The first-order chi connectivity index (χ1) is 14.1. The molecule has 3 rings (SSSR count). The van der Waals surface area contributed by atoms with Crippen molar-refractivity contribution in [1.29, 1.82) is 0 Å². The normalized spacial score (nSPS) is 13.4. The summed E-state index contributed by atoms with van der Waals surface area (Å²) < 4.78 is 13.1. The number of aryl methyl sites for hydroxylation is 1. The number of hydrogen-bond acceptors (Lipinski definition) is 3. The van der Waals surface area contributed by atoms with Crippen LogP contribution in [0.25, 0.3) is 0 Å². The fourth-order valence-electron chi connectivity index (χ4n) is 3.73. The van der Waals surface area contributed by atoms with Crippen LogP contribution < -0.4 is 15.1 Å². The van der Waals surface area contributed by atoms with Gasteiger partial charge in [-0.3, -0.25) is 9.59 Å². The van der Waals surface area contributed by atoms with Crippen molar-refractivity contribution in [2.75, 3.05) is 36.0 Å². The molecule has 0 radical (unpaired) electrons. The Hall–Kier alpha value is -2.89. The minimum Gasteiger partial charge on any atom is -0.362 e. The van der Waals surface area contributed by atoms with E-state index in [1.807, 2.05) is 19.1 Å². The Bertz CT molecular complexity index is 838. The molecule has 1 N–H and O–H groups in total. The molecule has 0 saturated carbocycles. The molecule has 0 bridgehead atoms. The van der Waals surface area contributed by atoms with Gasteiger partial charge in [-0.1, -0.05) is 18.2 Å². The van der Waals surface area contributed by atoms with Crippen LogP contribution in [-0.2, 0) is 16.0 Å². The lowest BCUT2D eigenvalue weighted by Crippen LogP contribution is -2.40. The Morgan fingerprint density at radius 3 is 2.62 bits per heavy atom. The van der Waals surface area contributed by atoms with Gasteiger partial charge in [0.2, 0.25) is 11.8 Å². The number of fused-ring (bicyclic) bond motifs is 1. The number of amides is 2. The Morgan fingerprint density at radius 2 is 1.86 bits per heavy atom. The van der Waals surface area contributed by atoms with Crippen molar-refractivity contribution >= 4 is 23.2 Å². The van der Waals surface area contributed by atoms with Crippen LogP contribution in [0, 0.1) is 5.82 Å². The molecule has 0 atom stereocenters. The predicted octanol–water partition coefficient (Wildman–Crippen LogP) is 3.53. The van der Waals surface area contributed by atoms with Crippen LogP contribution in [0.2, 0.25) is 0 Å². The maximum absolute atomic E-state index is 13.1. The standard InChI is InChI=1S/C23H28FN3O2/c1-2-27(20-12-10-19(24)11-13-20)23(29)14-15-25-22(28)17-26-16-6-5-8-18-7-3-4-9-21(18)26/h3-4,7,9-13H,2,5-6,8,14-17H2,1H3,(H,25,28). The van der Waals surface area contributed by atoms with Crippen molar-refractivity contribution in [2.45, 2.75) is 32.6 Å². The Kier molecular flexibility index (Phi) is 7.22. The first-order valence-electron chi connectivity index (χ1n) is 10.2. The molecule has 2 amide bonds. The van der Waals surface area contributed by atoms with E-state index in [0.717, 1.165) is 31.5 Å². The molecule has 0 aliphatic carbocycles. The molecule has 154 valence electrons. The second-order valence-electron chi connectivity index (χ2n) is 7.22. The van der Waals surface area contributed by atoms with E-state index in [2.05, 4.69) is 22.3 Å². The molecular formula is C23H28FN3O2. The fourth-order valence-corrected chi connectivity index (χ4v) is 3.73. The van der Waals surface area contributed by atoms with Crippen molar-refractivity contribution in [3.05, 3.63) is 59.9 Å². The van der Waals surface area contributed by atoms with E-state index < -0.39 is 0 Å². The third-order valence-electron chi connectivity index (χ3n) is 5.21. The van der Waals surface area contributed by atoms with Crippen molar-refractivity contribution in [3.63, 3.8) is 0 Å². The van der Waals surface area contributed by atoms with Crippen LogP contribution in [0.5, 0.6) is 0 Å². The van der Waals surface area contributed by atoms with E-state index >= 15 is 0 Å². The van der Waals surface area contributed by atoms with Gasteiger partial charge < -0.3 is 15.1 Å². The summed E-state index contributed by atoms with van der Waals surface area (Å²) >= 11 is 0. The fraction of sp³-hybridized carbons (Fsp3) is 0.391. The van der Waals surface area contributed by atoms with Gasteiger partial charge in [-0.25, -0.2) is 4.39 Å². The molecule has 0 fully saturated rings. The lowest BCUT2D eigenvalue weighted by Gasteiger charge is -2.24. The lowest BCUT2D eigenvalue weighted by atomic mass is 10.1. The number of halogens is 1. The van der Waals surface area contributed by atoms with Gasteiger partial charge in [-0.05, 0) is 62.1 Å². The summed E-state index contributed by atoms with van der Waals surface area (Å²) in [4.78, 5) is 28.7. The number of para-hydroxylation sites is 1. The number of benzene rings is 2. The number of nitrogens with one attached hydrogen (secondary N) is 1. The summed E-state index contributed by atoms with van der Waals surface area (Å²) in [5.41, 5.74) is 3.07. The molecule has 0 spiro atoms. The summed E-state index contributed by atoms with van der Waals surface area (Å²) in [5, 5.41) is 2.86. The maximum atomic E-state index is 13.1. The third-order valence-corrected chi connectivity index (χ3v) is 5.21. The topological polar surface area (TPSA) is 52.7 Å². The molecule has 1 aliphatic heterocycles. The first-order valence-corrected chi connectivity index (χ1v) is 10.2. The minimum absolute atomic E-state index is 0.0840. The third kappa shape index (κ3) is 5.56. The second-order valence-corrected chi connectivity index (χ2v) is 7.22.